The Balaban J connectivity index is 2.41. The van der Waals surface area contributed by atoms with Crippen LogP contribution < -0.4 is 5.73 Å². The zero-order chi connectivity index (χ0) is 11.1. The second-order valence-corrected chi connectivity index (χ2v) is 3.40. The quantitative estimate of drug-likeness (QED) is 0.601. The van der Waals surface area contributed by atoms with E-state index in [1.54, 1.807) is 30.9 Å². The predicted molar refractivity (Wildman–Crippen MR) is 57.8 cm³/mol. The number of amides is 1. The van der Waals surface area contributed by atoms with Gasteiger partial charge in [0.05, 0.1) is 6.20 Å². The molecule has 0 unspecified atom stereocenters. The minimum atomic E-state index is -0.527. The van der Waals surface area contributed by atoms with Gasteiger partial charge in [-0.05, 0) is 11.5 Å². The number of rotatable bonds is 0. The Morgan fingerprint density at radius 3 is 3.00 bits per heavy atom. The predicted octanol–water partition coefficient (Wildman–Crippen LogP) is 0.906. The van der Waals surface area contributed by atoms with E-state index in [1.807, 2.05) is 0 Å². The molecule has 16 heavy (non-hydrogen) atoms. The first-order valence-electron chi connectivity index (χ1n) is 4.63. The van der Waals surface area contributed by atoms with Gasteiger partial charge >= 0.3 is 6.03 Å². The minimum absolute atomic E-state index is 0.527. The molecule has 0 radical (unpaired) electrons. The molecule has 0 bridgehead atoms. The van der Waals surface area contributed by atoms with Crippen LogP contribution in [-0.4, -0.2) is 25.8 Å². The first kappa shape index (κ1) is 8.78. The van der Waals surface area contributed by atoms with E-state index in [1.165, 1.54) is 4.57 Å². The van der Waals surface area contributed by atoms with Crippen molar-refractivity contribution >= 4 is 27.8 Å². The highest BCUT2D eigenvalue weighted by atomic mass is 16.2. The van der Waals surface area contributed by atoms with Crippen LogP contribution in [0.2, 0.25) is 0 Å². The molecule has 0 atom stereocenters. The van der Waals surface area contributed by atoms with Crippen LogP contribution in [0.5, 0.6) is 0 Å². The molecule has 2 N–H and O–H groups in total. The van der Waals surface area contributed by atoms with E-state index in [-0.39, 0.29) is 0 Å². The molecule has 3 rings (SSSR count). The molecule has 0 aliphatic heterocycles. The summed E-state index contributed by atoms with van der Waals surface area (Å²) in [5.41, 5.74) is 5.78. The molecule has 0 aliphatic rings. The molecule has 3 aromatic heterocycles. The van der Waals surface area contributed by atoms with Crippen molar-refractivity contribution in [2.45, 2.75) is 0 Å². The number of primary amides is 1. The third-order valence-electron chi connectivity index (χ3n) is 2.44. The van der Waals surface area contributed by atoms with Gasteiger partial charge in [0.2, 0.25) is 0 Å². The molecule has 0 fully saturated rings. The normalized spacial score (nSPS) is 11.0. The smallest absolute Gasteiger partial charge is 0.322 e. The number of carbonyl (C=O) groups is 1. The average Bonchev–Trinajstić information content (AvgIpc) is 2.76. The van der Waals surface area contributed by atoms with Crippen LogP contribution >= 0.6 is 0 Å². The monoisotopic (exact) mass is 213 g/mol. The fraction of sp³-hybridized carbons (Fsp3) is 0. The van der Waals surface area contributed by atoms with Crippen molar-refractivity contribution in [1.82, 2.24) is 19.7 Å². The zero-order valence-electron chi connectivity index (χ0n) is 8.16. The summed E-state index contributed by atoms with van der Waals surface area (Å²) in [7, 11) is 0. The summed E-state index contributed by atoms with van der Waals surface area (Å²) < 4.78 is 1.31. The van der Waals surface area contributed by atoms with E-state index < -0.39 is 6.03 Å². The van der Waals surface area contributed by atoms with E-state index in [0.717, 1.165) is 16.2 Å². The number of hydrogen-bond donors (Lipinski definition) is 1. The van der Waals surface area contributed by atoms with Crippen LogP contribution in [0, 0.1) is 0 Å². The van der Waals surface area contributed by atoms with Gasteiger partial charge in [-0.2, -0.15) is 5.10 Å². The molecule has 0 saturated heterocycles. The lowest BCUT2D eigenvalue weighted by Gasteiger charge is -2.03. The van der Waals surface area contributed by atoms with Gasteiger partial charge in [0.1, 0.15) is 0 Å². The van der Waals surface area contributed by atoms with Gasteiger partial charge in [-0.15, -0.1) is 5.10 Å². The lowest BCUT2D eigenvalue weighted by atomic mass is 10.2. The number of pyridine rings is 2. The maximum absolute atomic E-state index is 11.0. The Bertz CT molecular complexity index is 703. The third-order valence-corrected chi connectivity index (χ3v) is 2.44. The van der Waals surface area contributed by atoms with Crippen molar-refractivity contribution in [3.63, 3.8) is 0 Å². The summed E-state index contributed by atoms with van der Waals surface area (Å²) in [6, 6.07) is 1.27. The first-order chi connectivity index (χ1) is 7.75. The summed E-state index contributed by atoms with van der Waals surface area (Å²) in [4.78, 5) is 15.1. The Labute approximate surface area is 89.7 Å². The van der Waals surface area contributed by atoms with Gasteiger partial charge in [-0.1, -0.05) is 0 Å². The van der Waals surface area contributed by atoms with Crippen LogP contribution in [-0.2, 0) is 0 Å². The molecule has 3 aromatic rings. The van der Waals surface area contributed by atoms with E-state index in [2.05, 4.69) is 15.2 Å². The second kappa shape index (κ2) is 2.99. The standard InChI is InChI=1S/C10H7N5O/c11-10(16)15-2-1-7-6(5-15)3-12-9-8(7)4-13-14-9/h1-5H,(H2,11,16). The van der Waals surface area contributed by atoms with E-state index >= 15 is 0 Å². The van der Waals surface area contributed by atoms with Crippen molar-refractivity contribution in [2.24, 2.45) is 5.73 Å². The number of aromatic nitrogens is 4. The lowest BCUT2D eigenvalue weighted by Crippen LogP contribution is -2.18. The molecular formula is C10H7N5O. The Hall–Kier alpha value is -2.50. The topological polar surface area (TPSA) is 86.7 Å². The van der Waals surface area contributed by atoms with Crippen LogP contribution in [0.4, 0.5) is 4.79 Å². The molecule has 0 spiro atoms. The maximum Gasteiger partial charge on any atom is 0.322 e. The highest BCUT2D eigenvalue weighted by Crippen LogP contribution is 2.20. The molecule has 1 amide bonds. The van der Waals surface area contributed by atoms with Crippen LogP contribution in [0.25, 0.3) is 21.8 Å². The Kier molecular flexibility index (Phi) is 1.64. The van der Waals surface area contributed by atoms with E-state index in [0.29, 0.717) is 5.65 Å². The van der Waals surface area contributed by atoms with Crippen molar-refractivity contribution in [1.29, 1.82) is 0 Å². The van der Waals surface area contributed by atoms with Crippen molar-refractivity contribution in [3.05, 3.63) is 30.9 Å². The molecule has 78 valence electrons. The minimum Gasteiger partial charge on any atom is -0.351 e. The third kappa shape index (κ3) is 1.13. The van der Waals surface area contributed by atoms with Crippen LogP contribution in [0.1, 0.15) is 0 Å². The molecule has 0 saturated carbocycles. The zero-order valence-corrected chi connectivity index (χ0v) is 8.16. The van der Waals surface area contributed by atoms with Gasteiger partial charge in [-0.3, -0.25) is 4.57 Å². The van der Waals surface area contributed by atoms with E-state index in [4.69, 9.17) is 5.73 Å². The number of fused-ring (bicyclic) bond motifs is 3. The fourth-order valence-electron chi connectivity index (χ4n) is 1.67. The molecular weight excluding hydrogens is 206 g/mol. The molecule has 6 heteroatoms. The molecule has 3 heterocycles. The largest absolute Gasteiger partial charge is 0.351 e. The SMILES string of the molecule is NC(=O)n1ccc2c(cnc3nncc32)c1. The summed E-state index contributed by atoms with van der Waals surface area (Å²) >= 11 is 0. The van der Waals surface area contributed by atoms with Gasteiger partial charge < -0.3 is 5.73 Å². The number of nitrogens with zero attached hydrogens (tertiary/aromatic N) is 4. The van der Waals surface area contributed by atoms with Crippen molar-refractivity contribution in [2.75, 3.05) is 0 Å². The summed E-state index contributed by atoms with van der Waals surface area (Å²) in [5.74, 6) is 0. The Morgan fingerprint density at radius 2 is 2.19 bits per heavy atom. The molecule has 6 nitrogen and oxygen atoms in total. The molecule has 0 aliphatic carbocycles. The van der Waals surface area contributed by atoms with Crippen molar-refractivity contribution < 1.29 is 4.79 Å². The highest BCUT2D eigenvalue weighted by molar-refractivity contribution is 6.03. The summed E-state index contributed by atoms with van der Waals surface area (Å²) in [5, 5.41) is 10.3. The van der Waals surface area contributed by atoms with Crippen LogP contribution in [0.3, 0.4) is 0 Å². The summed E-state index contributed by atoms with van der Waals surface area (Å²) in [6.07, 6.45) is 6.54. The average molecular weight is 213 g/mol. The fourth-order valence-corrected chi connectivity index (χ4v) is 1.67. The number of nitrogens with two attached hydrogens (primary N) is 1. The van der Waals surface area contributed by atoms with Gasteiger partial charge in [0.15, 0.2) is 5.65 Å². The van der Waals surface area contributed by atoms with Crippen LogP contribution in [0.15, 0.2) is 30.9 Å². The molecule has 0 aromatic carbocycles. The van der Waals surface area contributed by atoms with Crippen molar-refractivity contribution in [3.8, 4) is 0 Å². The highest BCUT2D eigenvalue weighted by Gasteiger charge is 2.05. The number of carbonyl (C=O) groups excluding carboxylic acids is 1. The maximum atomic E-state index is 11.0. The lowest BCUT2D eigenvalue weighted by molar-refractivity contribution is 0.250. The first-order valence-corrected chi connectivity index (χ1v) is 4.63. The Morgan fingerprint density at radius 1 is 1.31 bits per heavy atom. The second-order valence-electron chi connectivity index (χ2n) is 3.40. The van der Waals surface area contributed by atoms with Gasteiger partial charge in [0.25, 0.3) is 0 Å². The van der Waals surface area contributed by atoms with Gasteiger partial charge in [0, 0.05) is 29.4 Å². The van der Waals surface area contributed by atoms with Gasteiger partial charge in [-0.25, -0.2) is 9.78 Å². The van der Waals surface area contributed by atoms with E-state index in [9.17, 15) is 4.79 Å². The number of hydrogen-bond acceptors (Lipinski definition) is 4. The summed E-state index contributed by atoms with van der Waals surface area (Å²) in [6.45, 7) is 0.